The number of nitrogens with one attached hydrogen (secondary N) is 1. The van der Waals surface area contributed by atoms with Crippen LogP contribution in [0.25, 0.3) is 11.1 Å². The van der Waals surface area contributed by atoms with Crippen LogP contribution in [0.5, 0.6) is 0 Å². The van der Waals surface area contributed by atoms with Crippen LogP contribution in [-0.2, 0) is 32.5 Å². The fraction of sp³-hybridized carbons (Fsp3) is 0.367. The molecule has 1 heterocycles. The molecule has 0 aliphatic rings. The Balaban J connectivity index is 1.90. The third-order valence-electron chi connectivity index (χ3n) is 6.14. The second-order valence-corrected chi connectivity index (χ2v) is 11.9. The van der Waals surface area contributed by atoms with Gasteiger partial charge in [-0.1, -0.05) is 61.4 Å². The van der Waals surface area contributed by atoms with E-state index in [4.69, 9.17) is 14.5 Å². The van der Waals surface area contributed by atoms with Crippen molar-refractivity contribution in [3.63, 3.8) is 0 Å². The lowest BCUT2D eigenvalue weighted by molar-refractivity contribution is 0.0509. The first-order valence-electron chi connectivity index (χ1n) is 13.4. The highest BCUT2D eigenvalue weighted by Gasteiger charge is 2.25. The molecule has 0 unspecified atom stereocenters. The number of rotatable bonds is 13. The maximum atomic E-state index is 13.1. The average molecular weight is 600 g/mol. The highest BCUT2D eigenvalue weighted by atomic mass is 32.2. The molecule has 1 aromatic heterocycles. The molecule has 0 radical (unpaired) electrons. The fourth-order valence-corrected chi connectivity index (χ4v) is 5.81. The number of benzene rings is 2. The fourth-order valence-electron chi connectivity index (χ4n) is 4.10. The third-order valence-corrected chi connectivity index (χ3v) is 8.18. The number of aryl methyl sites for hydroxylation is 1. The molecular weight excluding hydrogens is 562 g/mol. The number of hydrogen-bond donors (Lipinski definition) is 1. The molecule has 0 atom stereocenters. The minimum atomic E-state index is -4.19. The molecule has 11 heteroatoms. The molecule has 0 bridgehead atoms. The van der Waals surface area contributed by atoms with Gasteiger partial charge in [0.2, 0.25) is 0 Å². The van der Waals surface area contributed by atoms with E-state index in [1.165, 1.54) is 17.8 Å². The number of carbonyl (C=O) groups is 2. The molecule has 0 spiro atoms. The van der Waals surface area contributed by atoms with Crippen molar-refractivity contribution in [2.24, 2.45) is 0 Å². The monoisotopic (exact) mass is 599 g/mol. The Morgan fingerprint density at radius 2 is 1.76 bits per heavy atom. The molecule has 220 valence electrons. The number of hydrogen-bond acceptors (Lipinski definition) is 8. The van der Waals surface area contributed by atoms with Gasteiger partial charge in [-0.3, -0.25) is 0 Å². The van der Waals surface area contributed by atoms with Crippen LogP contribution in [0.1, 0.15) is 62.4 Å². The highest BCUT2D eigenvalue weighted by molar-refractivity contribution is 7.98. The van der Waals surface area contributed by atoms with E-state index in [0.29, 0.717) is 28.4 Å². The number of esters is 1. The summed E-state index contributed by atoms with van der Waals surface area (Å²) in [5.74, 6) is 0.414. The first-order valence-corrected chi connectivity index (χ1v) is 16.1. The number of imidazole rings is 1. The van der Waals surface area contributed by atoms with Crippen LogP contribution in [0, 0.1) is 0 Å². The van der Waals surface area contributed by atoms with Crippen molar-refractivity contribution in [1.82, 2.24) is 14.3 Å². The molecular formula is C30H37N3O6S2. The van der Waals surface area contributed by atoms with Crippen LogP contribution < -0.4 is 4.72 Å². The summed E-state index contributed by atoms with van der Waals surface area (Å²) in [4.78, 5) is 29.7. The van der Waals surface area contributed by atoms with Gasteiger partial charge in [0.25, 0.3) is 10.0 Å². The van der Waals surface area contributed by atoms with Crippen LogP contribution in [-0.4, -0.2) is 49.5 Å². The third kappa shape index (κ3) is 8.46. The van der Waals surface area contributed by atoms with E-state index < -0.39 is 22.1 Å². The van der Waals surface area contributed by atoms with E-state index in [0.717, 1.165) is 36.2 Å². The molecule has 3 rings (SSSR count). The second-order valence-electron chi connectivity index (χ2n) is 9.47. The number of nitrogens with zero attached hydrogens (tertiary/aromatic N) is 2. The maximum Gasteiger partial charge on any atom is 0.421 e. The zero-order chi connectivity index (χ0) is 30.0. The highest BCUT2D eigenvalue weighted by Crippen LogP contribution is 2.29. The SMILES string of the molecule is CCCCc1nc(SC)c(C(=O)OCC)n1Cc1ccc(-c2ccccc2S(=O)(=O)NC(=O)OCC=C(C)C)cc1. The van der Waals surface area contributed by atoms with E-state index in [1.54, 1.807) is 31.2 Å². The standard InChI is InChI=1S/C30H37N3O6S2/c1-6-8-13-26-31-28(40-5)27(29(34)38-7-2)33(26)20-22-14-16-23(17-15-22)24-11-9-10-12-25(24)41(36,37)32-30(35)39-19-18-21(3)4/h9-12,14-18H,6-8,13,19-20H2,1-5H3,(H,32,35). The van der Waals surface area contributed by atoms with Crippen molar-refractivity contribution in [1.29, 1.82) is 0 Å². The Bertz CT molecular complexity index is 1490. The molecule has 0 fully saturated rings. The molecule has 0 saturated heterocycles. The van der Waals surface area contributed by atoms with Crippen LogP contribution in [0.15, 0.2) is 70.1 Å². The number of aromatic nitrogens is 2. The van der Waals surface area contributed by atoms with E-state index in [2.05, 4.69) is 6.92 Å². The Hall–Kier alpha value is -3.57. The van der Waals surface area contributed by atoms with Crippen molar-refractivity contribution < 1.29 is 27.5 Å². The van der Waals surface area contributed by atoms with Crippen LogP contribution in [0.4, 0.5) is 4.79 Å². The Kier molecular flexibility index (Phi) is 11.6. The summed E-state index contributed by atoms with van der Waals surface area (Å²) in [7, 11) is -4.19. The minimum absolute atomic E-state index is 0.0276. The van der Waals surface area contributed by atoms with Crippen molar-refractivity contribution in [2.45, 2.75) is 63.4 Å². The summed E-state index contributed by atoms with van der Waals surface area (Å²) in [5, 5.41) is 0.636. The number of carbonyl (C=O) groups excluding carboxylic acids is 2. The average Bonchev–Trinajstić information content (AvgIpc) is 3.29. The number of thioether (sulfide) groups is 1. The number of amides is 1. The van der Waals surface area contributed by atoms with Gasteiger partial charge >= 0.3 is 12.1 Å². The second kappa shape index (κ2) is 14.9. The molecule has 0 saturated carbocycles. The van der Waals surface area contributed by atoms with Crippen molar-refractivity contribution in [2.75, 3.05) is 19.5 Å². The van der Waals surface area contributed by atoms with E-state index in [9.17, 15) is 18.0 Å². The van der Waals surface area contributed by atoms with Gasteiger partial charge in [0, 0.05) is 18.5 Å². The van der Waals surface area contributed by atoms with Gasteiger partial charge in [-0.15, -0.1) is 11.8 Å². The van der Waals surface area contributed by atoms with Crippen molar-refractivity contribution >= 4 is 33.8 Å². The van der Waals surface area contributed by atoms with Gasteiger partial charge in [0.05, 0.1) is 11.5 Å². The van der Waals surface area contributed by atoms with Gasteiger partial charge in [-0.2, -0.15) is 0 Å². The lowest BCUT2D eigenvalue weighted by Gasteiger charge is -2.14. The molecule has 2 aromatic carbocycles. The lowest BCUT2D eigenvalue weighted by atomic mass is 10.0. The first-order chi connectivity index (χ1) is 19.6. The first kappa shape index (κ1) is 32.0. The van der Waals surface area contributed by atoms with Crippen LogP contribution >= 0.6 is 11.8 Å². The zero-order valence-corrected chi connectivity index (χ0v) is 25.7. The van der Waals surface area contributed by atoms with E-state index in [1.807, 2.05) is 53.7 Å². The number of allylic oxidation sites excluding steroid dienone is 1. The number of ether oxygens (including phenoxy) is 2. The summed E-state index contributed by atoms with van der Waals surface area (Å²) in [6, 6.07) is 13.9. The molecule has 1 amide bonds. The summed E-state index contributed by atoms with van der Waals surface area (Å²) >= 11 is 1.41. The Labute approximate surface area is 246 Å². The predicted molar refractivity (Wildman–Crippen MR) is 161 cm³/mol. The van der Waals surface area contributed by atoms with Crippen LogP contribution in [0.2, 0.25) is 0 Å². The van der Waals surface area contributed by atoms with Crippen molar-refractivity contribution in [3.05, 3.63) is 77.3 Å². The van der Waals surface area contributed by atoms with Gasteiger partial charge in [-0.05, 0) is 56.7 Å². The smallest absolute Gasteiger partial charge is 0.421 e. The molecule has 3 aromatic rings. The molecule has 1 N–H and O–H groups in total. The molecule has 0 aliphatic carbocycles. The van der Waals surface area contributed by atoms with E-state index in [-0.39, 0.29) is 18.1 Å². The molecule has 41 heavy (non-hydrogen) atoms. The van der Waals surface area contributed by atoms with Gasteiger partial charge in [0.1, 0.15) is 17.5 Å². The van der Waals surface area contributed by atoms with Gasteiger partial charge < -0.3 is 14.0 Å². The number of sulfonamides is 1. The topological polar surface area (TPSA) is 117 Å². The van der Waals surface area contributed by atoms with Crippen LogP contribution in [0.3, 0.4) is 0 Å². The van der Waals surface area contributed by atoms with Crippen molar-refractivity contribution in [3.8, 4) is 11.1 Å². The quantitative estimate of drug-likeness (QED) is 0.140. The summed E-state index contributed by atoms with van der Waals surface area (Å²) in [6.45, 7) is 8.22. The Morgan fingerprint density at radius 1 is 1.05 bits per heavy atom. The number of unbranched alkanes of at least 4 members (excludes halogenated alkanes) is 1. The molecule has 0 aliphatic heterocycles. The van der Waals surface area contributed by atoms with Gasteiger partial charge in [0.15, 0.2) is 5.69 Å². The maximum absolute atomic E-state index is 13.1. The Morgan fingerprint density at radius 3 is 2.39 bits per heavy atom. The minimum Gasteiger partial charge on any atom is -0.461 e. The van der Waals surface area contributed by atoms with E-state index >= 15 is 0 Å². The molecule has 9 nitrogen and oxygen atoms in total. The lowest BCUT2D eigenvalue weighted by Crippen LogP contribution is -2.31. The van der Waals surface area contributed by atoms with Gasteiger partial charge in [-0.25, -0.2) is 27.7 Å². The predicted octanol–water partition coefficient (Wildman–Crippen LogP) is 6.22. The summed E-state index contributed by atoms with van der Waals surface area (Å²) in [6.07, 6.45) is 5.18. The normalized spacial score (nSPS) is 11.1. The zero-order valence-electron chi connectivity index (χ0n) is 24.1. The summed E-state index contributed by atoms with van der Waals surface area (Å²) < 4.78 is 40.3. The summed E-state index contributed by atoms with van der Waals surface area (Å²) in [5.41, 5.74) is 3.38. The largest absolute Gasteiger partial charge is 0.461 e.